The van der Waals surface area contributed by atoms with Crippen molar-refractivity contribution in [2.45, 2.75) is 39.3 Å². The third-order valence-corrected chi connectivity index (χ3v) is 5.90. The van der Waals surface area contributed by atoms with Crippen LogP contribution in [0.3, 0.4) is 0 Å². The number of aryl methyl sites for hydroxylation is 1. The van der Waals surface area contributed by atoms with E-state index >= 15 is 0 Å². The van der Waals surface area contributed by atoms with Gasteiger partial charge in [0, 0.05) is 56.9 Å². The number of hydrogen-bond acceptors (Lipinski definition) is 4. The number of carbonyl (C=O) groups is 1. The number of nitrogens with zero attached hydrogens (tertiary/aromatic N) is 4. The van der Waals surface area contributed by atoms with Crippen molar-refractivity contribution in [3.63, 3.8) is 0 Å². The van der Waals surface area contributed by atoms with Crippen molar-refractivity contribution in [1.29, 1.82) is 0 Å². The summed E-state index contributed by atoms with van der Waals surface area (Å²) in [5, 5.41) is 4.70. The van der Waals surface area contributed by atoms with Gasteiger partial charge in [-0.2, -0.15) is 5.10 Å². The fourth-order valence-electron chi connectivity index (χ4n) is 4.26. The Morgan fingerprint density at radius 2 is 1.93 bits per heavy atom. The minimum Gasteiger partial charge on any atom is -0.497 e. The third kappa shape index (κ3) is 4.22. The quantitative estimate of drug-likeness (QED) is 0.755. The van der Waals surface area contributed by atoms with E-state index in [4.69, 9.17) is 9.84 Å². The summed E-state index contributed by atoms with van der Waals surface area (Å²) in [7, 11) is 1.68. The van der Waals surface area contributed by atoms with E-state index in [1.807, 2.05) is 21.7 Å². The molecule has 1 aromatic carbocycles. The molecule has 0 unspecified atom stereocenters. The average Bonchev–Trinajstić information content (AvgIpc) is 3.42. The van der Waals surface area contributed by atoms with Crippen LogP contribution in [0.15, 0.2) is 30.3 Å². The van der Waals surface area contributed by atoms with Crippen molar-refractivity contribution < 1.29 is 9.53 Å². The van der Waals surface area contributed by atoms with Crippen molar-refractivity contribution in [3.05, 3.63) is 52.9 Å². The van der Waals surface area contributed by atoms with Crippen molar-refractivity contribution in [2.24, 2.45) is 0 Å². The van der Waals surface area contributed by atoms with Gasteiger partial charge < -0.3 is 9.64 Å². The molecule has 0 spiro atoms. The van der Waals surface area contributed by atoms with Gasteiger partial charge in [0.25, 0.3) is 5.91 Å². The molecule has 1 saturated heterocycles. The predicted octanol–water partition coefficient (Wildman–Crippen LogP) is 3.22. The van der Waals surface area contributed by atoms with Crippen LogP contribution in [-0.2, 0) is 19.5 Å². The van der Waals surface area contributed by atoms with E-state index in [1.165, 1.54) is 5.69 Å². The highest BCUT2D eigenvalue weighted by atomic mass is 16.5. The lowest BCUT2D eigenvalue weighted by atomic mass is 10.0. The molecule has 0 saturated carbocycles. The first-order chi connectivity index (χ1) is 14.2. The van der Waals surface area contributed by atoms with Gasteiger partial charge in [0.15, 0.2) is 5.69 Å². The normalized spacial score (nSPS) is 17.1. The zero-order chi connectivity index (χ0) is 20.2. The first-order valence-electron chi connectivity index (χ1n) is 10.6. The molecule has 4 rings (SSSR count). The molecule has 29 heavy (non-hydrogen) atoms. The lowest BCUT2D eigenvalue weighted by Crippen LogP contribution is -2.33. The Bertz CT molecular complexity index is 879. The van der Waals surface area contributed by atoms with Crippen molar-refractivity contribution in [1.82, 2.24) is 19.6 Å². The number of hydrogen-bond donors (Lipinski definition) is 0. The van der Waals surface area contributed by atoms with Crippen LogP contribution in [0.25, 0.3) is 6.08 Å². The van der Waals surface area contributed by atoms with E-state index in [0.717, 1.165) is 75.4 Å². The number of fused-ring (bicyclic) bond motifs is 1. The largest absolute Gasteiger partial charge is 0.497 e. The second-order valence-electron chi connectivity index (χ2n) is 7.75. The number of amides is 1. The van der Waals surface area contributed by atoms with Gasteiger partial charge in [0.2, 0.25) is 0 Å². The third-order valence-electron chi connectivity index (χ3n) is 5.90. The minimum atomic E-state index is 0.113. The first kappa shape index (κ1) is 19.7. The van der Waals surface area contributed by atoms with Gasteiger partial charge in [0.1, 0.15) is 5.75 Å². The molecule has 0 aliphatic carbocycles. The molecule has 154 valence electrons. The van der Waals surface area contributed by atoms with Crippen LogP contribution in [0.1, 0.15) is 47.1 Å². The highest BCUT2D eigenvalue weighted by Crippen LogP contribution is 2.25. The Balaban J connectivity index is 1.46. The predicted molar refractivity (Wildman–Crippen MR) is 114 cm³/mol. The SMILES string of the molecule is CCn1nc(C(=O)N2CCCC2)c2c1CCN(CC=Cc1ccc(OC)cc1)C2. The topological polar surface area (TPSA) is 50.6 Å². The van der Waals surface area contributed by atoms with Crippen molar-refractivity contribution >= 4 is 12.0 Å². The molecule has 1 fully saturated rings. The van der Waals surface area contributed by atoms with Crippen LogP contribution in [0.2, 0.25) is 0 Å². The van der Waals surface area contributed by atoms with Gasteiger partial charge in [0.05, 0.1) is 7.11 Å². The summed E-state index contributed by atoms with van der Waals surface area (Å²) in [5.41, 5.74) is 4.21. The maximum atomic E-state index is 13.0. The van der Waals surface area contributed by atoms with E-state index in [0.29, 0.717) is 5.69 Å². The second-order valence-corrected chi connectivity index (χ2v) is 7.75. The molecule has 2 aromatic rings. The van der Waals surface area contributed by atoms with Crippen LogP contribution in [0, 0.1) is 0 Å². The molecule has 6 heteroatoms. The van der Waals surface area contributed by atoms with E-state index in [1.54, 1.807) is 7.11 Å². The Morgan fingerprint density at radius 3 is 2.62 bits per heavy atom. The van der Waals surface area contributed by atoms with E-state index in [2.05, 4.69) is 36.1 Å². The summed E-state index contributed by atoms with van der Waals surface area (Å²) in [6.07, 6.45) is 7.48. The smallest absolute Gasteiger partial charge is 0.274 e. The standard InChI is InChI=1S/C23H30N4O2/c1-3-27-21-12-16-25(13-6-7-18-8-10-19(29-2)11-9-18)17-20(21)22(24-27)23(28)26-14-4-5-15-26/h6-11H,3-5,12-17H2,1-2H3. The molecular weight excluding hydrogens is 364 g/mol. The molecule has 3 heterocycles. The summed E-state index contributed by atoms with van der Waals surface area (Å²) < 4.78 is 7.24. The fourth-order valence-corrected chi connectivity index (χ4v) is 4.26. The number of methoxy groups -OCH3 is 1. The van der Waals surface area contributed by atoms with Gasteiger partial charge in [-0.25, -0.2) is 0 Å². The lowest BCUT2D eigenvalue weighted by molar-refractivity contribution is 0.0784. The minimum absolute atomic E-state index is 0.113. The van der Waals surface area contributed by atoms with Crippen molar-refractivity contribution in [3.8, 4) is 5.75 Å². The van der Waals surface area contributed by atoms with Gasteiger partial charge in [-0.1, -0.05) is 24.3 Å². The van der Waals surface area contributed by atoms with E-state index in [-0.39, 0.29) is 5.91 Å². The summed E-state index contributed by atoms with van der Waals surface area (Å²) in [5.74, 6) is 0.982. The molecule has 2 aliphatic heterocycles. The molecule has 0 bridgehead atoms. The van der Waals surface area contributed by atoms with Gasteiger partial charge in [-0.15, -0.1) is 0 Å². The maximum Gasteiger partial charge on any atom is 0.274 e. The highest BCUT2D eigenvalue weighted by molar-refractivity contribution is 5.94. The molecule has 0 atom stereocenters. The zero-order valence-corrected chi connectivity index (χ0v) is 17.4. The van der Waals surface area contributed by atoms with E-state index < -0.39 is 0 Å². The zero-order valence-electron chi connectivity index (χ0n) is 17.4. The van der Waals surface area contributed by atoms with Gasteiger partial charge >= 0.3 is 0 Å². The van der Waals surface area contributed by atoms with Gasteiger partial charge in [-0.3, -0.25) is 14.4 Å². The number of ether oxygens (including phenoxy) is 1. The van der Waals surface area contributed by atoms with Crippen LogP contribution in [-0.4, -0.2) is 58.8 Å². The summed E-state index contributed by atoms with van der Waals surface area (Å²) >= 11 is 0. The summed E-state index contributed by atoms with van der Waals surface area (Å²) in [6, 6.07) is 8.06. The molecule has 0 N–H and O–H groups in total. The molecular formula is C23H30N4O2. The van der Waals surface area contributed by atoms with Gasteiger partial charge in [-0.05, 0) is 37.5 Å². The highest BCUT2D eigenvalue weighted by Gasteiger charge is 2.30. The van der Waals surface area contributed by atoms with Crippen LogP contribution in [0.5, 0.6) is 5.75 Å². The summed E-state index contributed by atoms with van der Waals surface area (Å²) in [6.45, 7) is 7.27. The lowest BCUT2D eigenvalue weighted by Gasteiger charge is -2.27. The van der Waals surface area contributed by atoms with Crippen LogP contribution < -0.4 is 4.74 Å². The molecule has 0 radical (unpaired) electrons. The Labute approximate surface area is 172 Å². The van der Waals surface area contributed by atoms with Crippen molar-refractivity contribution in [2.75, 3.05) is 33.3 Å². The van der Waals surface area contributed by atoms with E-state index in [9.17, 15) is 4.79 Å². The van der Waals surface area contributed by atoms with Crippen LogP contribution >= 0.6 is 0 Å². The maximum absolute atomic E-state index is 13.0. The Hall–Kier alpha value is -2.60. The Kier molecular flexibility index (Phi) is 6.00. The average molecular weight is 395 g/mol. The number of likely N-dealkylation sites (tertiary alicyclic amines) is 1. The monoisotopic (exact) mass is 394 g/mol. The number of benzene rings is 1. The first-order valence-corrected chi connectivity index (χ1v) is 10.6. The summed E-state index contributed by atoms with van der Waals surface area (Å²) in [4.78, 5) is 17.4. The fraction of sp³-hybridized carbons (Fsp3) is 0.478. The molecule has 6 nitrogen and oxygen atoms in total. The number of aromatic nitrogens is 2. The molecule has 1 aromatic heterocycles. The molecule has 1 amide bonds. The number of rotatable bonds is 6. The van der Waals surface area contributed by atoms with Crippen LogP contribution in [0.4, 0.5) is 0 Å². The second kappa shape index (κ2) is 8.82. The Morgan fingerprint density at radius 1 is 1.17 bits per heavy atom. The number of carbonyl (C=O) groups excluding carboxylic acids is 1. The molecule has 2 aliphatic rings.